The van der Waals surface area contributed by atoms with Crippen molar-refractivity contribution in [2.75, 3.05) is 18.1 Å². The van der Waals surface area contributed by atoms with Crippen molar-refractivity contribution in [1.29, 1.82) is 0 Å². The molecule has 142 valence electrons. The lowest BCUT2D eigenvalue weighted by atomic mass is 10.2. The maximum absolute atomic E-state index is 12.7. The standard InChI is InChI=1S/C20H22N2O4S/c1-3-26-20(25)14-4-6-15(7-5-14)22-18(23)12-16(19(22)24)21-10-8-17-13(2)9-11-27-17/h4-7,9,11,16,21H,3,8,10,12H2,1-2H3/t16-/m1/s1. The number of rotatable bonds is 7. The molecule has 1 aliphatic rings. The van der Waals surface area contributed by atoms with E-state index in [9.17, 15) is 14.4 Å². The second-order valence-electron chi connectivity index (χ2n) is 6.32. The zero-order chi connectivity index (χ0) is 19.4. The summed E-state index contributed by atoms with van der Waals surface area (Å²) in [4.78, 5) is 39.2. The molecule has 27 heavy (non-hydrogen) atoms. The molecule has 0 spiro atoms. The zero-order valence-corrected chi connectivity index (χ0v) is 16.2. The first-order chi connectivity index (χ1) is 13.0. The summed E-state index contributed by atoms with van der Waals surface area (Å²) in [5.41, 5.74) is 2.11. The van der Waals surface area contributed by atoms with E-state index in [2.05, 4.69) is 23.7 Å². The number of nitrogens with zero attached hydrogens (tertiary/aromatic N) is 1. The Labute approximate surface area is 162 Å². The van der Waals surface area contributed by atoms with Crippen molar-refractivity contribution in [2.24, 2.45) is 0 Å². The van der Waals surface area contributed by atoms with Gasteiger partial charge in [-0.25, -0.2) is 9.69 Å². The van der Waals surface area contributed by atoms with Crippen LogP contribution >= 0.6 is 11.3 Å². The molecule has 1 aliphatic heterocycles. The number of ether oxygens (including phenoxy) is 1. The van der Waals surface area contributed by atoms with Gasteiger partial charge >= 0.3 is 5.97 Å². The number of esters is 1. The van der Waals surface area contributed by atoms with Gasteiger partial charge in [0.2, 0.25) is 5.91 Å². The molecule has 6 nitrogen and oxygen atoms in total. The summed E-state index contributed by atoms with van der Waals surface area (Å²) in [6.07, 6.45) is 0.970. The molecule has 7 heteroatoms. The summed E-state index contributed by atoms with van der Waals surface area (Å²) in [6.45, 7) is 4.74. The molecular formula is C20H22N2O4S. The molecule has 1 N–H and O–H groups in total. The van der Waals surface area contributed by atoms with E-state index in [0.717, 1.165) is 6.42 Å². The van der Waals surface area contributed by atoms with Crippen molar-refractivity contribution in [3.8, 4) is 0 Å². The highest BCUT2D eigenvalue weighted by Crippen LogP contribution is 2.24. The lowest BCUT2D eigenvalue weighted by Crippen LogP contribution is -2.39. The molecule has 1 saturated heterocycles. The number of hydrogen-bond donors (Lipinski definition) is 1. The third-order valence-corrected chi connectivity index (χ3v) is 5.58. The van der Waals surface area contributed by atoms with Crippen LogP contribution < -0.4 is 10.2 Å². The summed E-state index contributed by atoms with van der Waals surface area (Å²) in [7, 11) is 0. The van der Waals surface area contributed by atoms with E-state index in [1.54, 1.807) is 42.5 Å². The van der Waals surface area contributed by atoms with Crippen LogP contribution in [0.2, 0.25) is 0 Å². The van der Waals surface area contributed by atoms with E-state index in [0.29, 0.717) is 24.4 Å². The predicted octanol–water partition coefficient (Wildman–Crippen LogP) is 2.70. The van der Waals surface area contributed by atoms with Gasteiger partial charge in [-0.1, -0.05) is 0 Å². The highest BCUT2D eigenvalue weighted by molar-refractivity contribution is 7.10. The van der Waals surface area contributed by atoms with Crippen molar-refractivity contribution in [1.82, 2.24) is 5.32 Å². The highest BCUT2D eigenvalue weighted by Gasteiger charge is 2.39. The Hall–Kier alpha value is -2.51. The van der Waals surface area contributed by atoms with Gasteiger partial charge in [-0.2, -0.15) is 0 Å². The number of aryl methyl sites for hydroxylation is 1. The predicted molar refractivity (Wildman–Crippen MR) is 104 cm³/mol. The van der Waals surface area contributed by atoms with Crippen LogP contribution in [-0.2, 0) is 20.7 Å². The first-order valence-corrected chi connectivity index (χ1v) is 9.79. The van der Waals surface area contributed by atoms with Crippen LogP contribution in [0.15, 0.2) is 35.7 Å². The number of carbonyl (C=O) groups is 3. The van der Waals surface area contributed by atoms with Crippen molar-refractivity contribution >= 4 is 34.8 Å². The molecule has 1 aromatic carbocycles. The van der Waals surface area contributed by atoms with E-state index in [1.807, 2.05) is 0 Å². The number of thiophene rings is 1. The number of carbonyl (C=O) groups excluding carboxylic acids is 3. The fourth-order valence-corrected chi connectivity index (χ4v) is 3.95. The van der Waals surface area contributed by atoms with Gasteiger partial charge in [0.1, 0.15) is 0 Å². The second-order valence-corrected chi connectivity index (χ2v) is 7.32. The minimum Gasteiger partial charge on any atom is -0.462 e. The van der Waals surface area contributed by atoms with Gasteiger partial charge in [0, 0.05) is 11.4 Å². The van der Waals surface area contributed by atoms with E-state index in [4.69, 9.17) is 4.74 Å². The Kier molecular flexibility index (Phi) is 6.03. The summed E-state index contributed by atoms with van der Waals surface area (Å²) >= 11 is 1.70. The minimum atomic E-state index is -0.512. The summed E-state index contributed by atoms with van der Waals surface area (Å²) in [5.74, 6) is -0.924. The first kappa shape index (κ1) is 19.3. The third kappa shape index (κ3) is 4.26. The number of hydrogen-bond acceptors (Lipinski definition) is 6. The molecule has 0 saturated carbocycles. The number of benzene rings is 1. The van der Waals surface area contributed by atoms with Crippen molar-refractivity contribution in [3.05, 3.63) is 51.7 Å². The largest absolute Gasteiger partial charge is 0.462 e. The fraction of sp³-hybridized carbons (Fsp3) is 0.350. The lowest BCUT2D eigenvalue weighted by Gasteiger charge is -2.16. The van der Waals surface area contributed by atoms with Crippen LogP contribution in [0.3, 0.4) is 0 Å². The molecule has 1 aromatic heterocycles. The number of imide groups is 1. The molecular weight excluding hydrogens is 364 g/mol. The Bertz CT molecular complexity index is 844. The van der Waals surface area contributed by atoms with Crippen LogP contribution in [0.5, 0.6) is 0 Å². The molecule has 2 heterocycles. The molecule has 3 rings (SSSR count). The van der Waals surface area contributed by atoms with Crippen LogP contribution in [0, 0.1) is 6.92 Å². The highest BCUT2D eigenvalue weighted by atomic mass is 32.1. The van der Waals surface area contributed by atoms with E-state index < -0.39 is 12.0 Å². The Balaban J connectivity index is 1.62. The van der Waals surface area contributed by atoms with Gasteiger partial charge in [0.15, 0.2) is 0 Å². The third-order valence-electron chi connectivity index (χ3n) is 4.49. The molecule has 0 aliphatic carbocycles. The van der Waals surface area contributed by atoms with Crippen molar-refractivity contribution < 1.29 is 19.1 Å². The Morgan fingerprint density at radius 3 is 2.63 bits per heavy atom. The SMILES string of the molecule is CCOC(=O)c1ccc(N2C(=O)C[C@@H](NCCc3sccc3C)C2=O)cc1. The van der Waals surface area contributed by atoms with Gasteiger partial charge in [-0.05, 0) is 61.5 Å². The maximum Gasteiger partial charge on any atom is 0.338 e. The van der Waals surface area contributed by atoms with Gasteiger partial charge in [0.25, 0.3) is 5.91 Å². The molecule has 0 radical (unpaired) electrons. The van der Waals surface area contributed by atoms with Crippen LogP contribution in [0.25, 0.3) is 0 Å². The lowest BCUT2D eigenvalue weighted by molar-refractivity contribution is -0.121. The van der Waals surface area contributed by atoms with Crippen LogP contribution in [-0.4, -0.2) is 37.0 Å². The van der Waals surface area contributed by atoms with E-state index in [-0.39, 0.29) is 18.2 Å². The average Bonchev–Trinajstić information content (AvgIpc) is 3.18. The number of anilines is 1. The molecule has 0 unspecified atom stereocenters. The van der Waals surface area contributed by atoms with Crippen LogP contribution in [0.1, 0.15) is 34.1 Å². The summed E-state index contributed by atoms with van der Waals surface area (Å²) < 4.78 is 4.94. The summed E-state index contributed by atoms with van der Waals surface area (Å²) in [6, 6.07) is 7.88. The topological polar surface area (TPSA) is 75.7 Å². The van der Waals surface area contributed by atoms with Crippen molar-refractivity contribution in [2.45, 2.75) is 32.7 Å². The maximum atomic E-state index is 12.7. The monoisotopic (exact) mass is 386 g/mol. The molecule has 2 amide bonds. The number of amides is 2. The number of nitrogens with one attached hydrogen (secondary N) is 1. The summed E-state index contributed by atoms with van der Waals surface area (Å²) in [5, 5.41) is 5.25. The van der Waals surface area contributed by atoms with E-state index in [1.165, 1.54) is 15.3 Å². The Morgan fingerprint density at radius 1 is 1.26 bits per heavy atom. The van der Waals surface area contributed by atoms with Gasteiger partial charge in [0.05, 0.1) is 30.3 Å². The van der Waals surface area contributed by atoms with Gasteiger partial charge in [-0.3, -0.25) is 9.59 Å². The quantitative estimate of drug-likeness (QED) is 0.585. The average molecular weight is 386 g/mol. The van der Waals surface area contributed by atoms with E-state index >= 15 is 0 Å². The molecule has 1 atom stereocenters. The van der Waals surface area contributed by atoms with Crippen molar-refractivity contribution in [3.63, 3.8) is 0 Å². The first-order valence-electron chi connectivity index (χ1n) is 8.91. The van der Waals surface area contributed by atoms with Gasteiger partial charge < -0.3 is 10.1 Å². The fourth-order valence-electron chi connectivity index (χ4n) is 3.04. The van der Waals surface area contributed by atoms with Crippen LogP contribution in [0.4, 0.5) is 5.69 Å². The molecule has 1 fully saturated rings. The minimum absolute atomic E-state index is 0.141. The normalized spacial score (nSPS) is 16.8. The smallest absolute Gasteiger partial charge is 0.338 e. The molecule has 2 aromatic rings. The molecule has 0 bridgehead atoms. The zero-order valence-electron chi connectivity index (χ0n) is 15.4. The van der Waals surface area contributed by atoms with Gasteiger partial charge in [-0.15, -0.1) is 11.3 Å². The second kappa shape index (κ2) is 8.45. The Morgan fingerprint density at radius 2 is 2.00 bits per heavy atom.